The summed E-state index contributed by atoms with van der Waals surface area (Å²) in [5.74, 6) is 0.881. The molecule has 32 heavy (non-hydrogen) atoms. The molecule has 0 saturated heterocycles. The van der Waals surface area contributed by atoms with Crippen molar-refractivity contribution in [2.45, 2.75) is 26.7 Å². The van der Waals surface area contributed by atoms with Gasteiger partial charge in [0.1, 0.15) is 5.75 Å². The van der Waals surface area contributed by atoms with Crippen molar-refractivity contribution in [1.82, 2.24) is 14.8 Å². The SMILES string of the molecule is COc1ccc(C2=NN(c3cc(C)c4c(C)nn(C)c4n3)C(=O)[C@@H]3CC=CC[C@H]23)cc1Cl. The van der Waals surface area contributed by atoms with Crippen LogP contribution >= 0.6 is 11.6 Å². The summed E-state index contributed by atoms with van der Waals surface area (Å²) in [6, 6.07) is 7.55. The Labute approximate surface area is 191 Å². The molecule has 1 aromatic carbocycles. The molecular formula is C24H24ClN5O2. The van der Waals surface area contributed by atoms with E-state index >= 15 is 0 Å². The van der Waals surface area contributed by atoms with Crippen LogP contribution in [0, 0.1) is 25.7 Å². The summed E-state index contributed by atoms with van der Waals surface area (Å²) in [5.41, 5.74) is 4.38. The average molecular weight is 450 g/mol. The first kappa shape index (κ1) is 20.7. The predicted molar refractivity (Wildman–Crippen MR) is 125 cm³/mol. The number of halogens is 1. The van der Waals surface area contributed by atoms with Crippen LogP contribution in [-0.2, 0) is 11.8 Å². The van der Waals surface area contributed by atoms with E-state index in [2.05, 4.69) is 17.3 Å². The summed E-state index contributed by atoms with van der Waals surface area (Å²) >= 11 is 6.42. The summed E-state index contributed by atoms with van der Waals surface area (Å²) in [5, 5.41) is 12.3. The highest BCUT2D eigenvalue weighted by atomic mass is 35.5. The van der Waals surface area contributed by atoms with E-state index in [9.17, 15) is 4.79 Å². The Morgan fingerprint density at radius 3 is 2.59 bits per heavy atom. The quantitative estimate of drug-likeness (QED) is 0.548. The third-order valence-corrected chi connectivity index (χ3v) is 6.63. The zero-order valence-electron chi connectivity index (χ0n) is 18.5. The van der Waals surface area contributed by atoms with Crippen LogP contribution in [0.15, 0.2) is 41.5 Å². The average Bonchev–Trinajstić information content (AvgIpc) is 3.08. The minimum atomic E-state index is -0.195. The molecule has 0 fully saturated rings. The lowest BCUT2D eigenvalue weighted by atomic mass is 9.76. The van der Waals surface area contributed by atoms with Crippen LogP contribution in [0.3, 0.4) is 0 Å². The number of ether oxygens (including phenoxy) is 1. The highest BCUT2D eigenvalue weighted by Gasteiger charge is 2.41. The van der Waals surface area contributed by atoms with Crippen molar-refractivity contribution in [1.29, 1.82) is 0 Å². The van der Waals surface area contributed by atoms with Gasteiger partial charge in [0.25, 0.3) is 5.91 Å². The summed E-state index contributed by atoms with van der Waals surface area (Å²) in [6.45, 7) is 3.97. The van der Waals surface area contributed by atoms with Crippen LogP contribution in [0.1, 0.15) is 29.7 Å². The number of hydrogen-bond donors (Lipinski definition) is 0. The second kappa shape index (κ2) is 7.74. The molecule has 7 nitrogen and oxygen atoms in total. The number of carbonyl (C=O) groups is 1. The van der Waals surface area contributed by atoms with E-state index in [0.29, 0.717) is 23.0 Å². The van der Waals surface area contributed by atoms with Gasteiger partial charge in [-0.25, -0.2) is 4.98 Å². The van der Waals surface area contributed by atoms with Crippen LogP contribution in [0.5, 0.6) is 5.75 Å². The van der Waals surface area contributed by atoms with Gasteiger partial charge in [0.2, 0.25) is 0 Å². The Morgan fingerprint density at radius 1 is 1.12 bits per heavy atom. The smallest absolute Gasteiger partial charge is 0.252 e. The standard InChI is InChI=1S/C24H24ClN5O2/c1-13-11-20(26-23-21(13)14(2)27-29(23)3)30-24(31)17-8-6-5-7-16(17)22(28-30)15-9-10-19(32-4)18(25)12-15/h5-6,9-12,16-17H,7-8H2,1-4H3/t16-,17+/m0/s1. The van der Waals surface area contributed by atoms with Gasteiger partial charge in [0.15, 0.2) is 11.5 Å². The second-order valence-corrected chi connectivity index (χ2v) is 8.75. The molecule has 2 aromatic heterocycles. The molecule has 164 valence electrons. The summed E-state index contributed by atoms with van der Waals surface area (Å²) in [7, 11) is 3.45. The summed E-state index contributed by atoms with van der Waals surface area (Å²) in [4.78, 5) is 18.3. The molecule has 3 heterocycles. The minimum absolute atomic E-state index is 0.00279. The number of benzene rings is 1. The molecule has 1 aliphatic carbocycles. The molecule has 0 unspecified atom stereocenters. The number of rotatable bonds is 3. The number of pyridine rings is 1. The Balaban J connectivity index is 1.67. The van der Waals surface area contributed by atoms with E-state index in [-0.39, 0.29) is 17.7 Å². The summed E-state index contributed by atoms with van der Waals surface area (Å²) < 4.78 is 7.05. The molecule has 0 saturated carbocycles. The number of allylic oxidation sites excluding steroid dienone is 2. The number of amides is 1. The molecule has 2 aliphatic rings. The third kappa shape index (κ3) is 3.19. The van der Waals surface area contributed by atoms with Crippen molar-refractivity contribution in [2.75, 3.05) is 12.1 Å². The lowest BCUT2D eigenvalue weighted by molar-refractivity contribution is -0.123. The predicted octanol–water partition coefficient (Wildman–Crippen LogP) is 4.58. The molecule has 1 aliphatic heterocycles. The number of anilines is 1. The number of hydrogen-bond acceptors (Lipinski definition) is 5. The van der Waals surface area contributed by atoms with Gasteiger partial charge < -0.3 is 4.74 Å². The normalized spacial score (nSPS) is 20.5. The molecule has 0 radical (unpaired) electrons. The van der Waals surface area contributed by atoms with Crippen molar-refractivity contribution in [3.63, 3.8) is 0 Å². The lowest BCUT2D eigenvalue weighted by Crippen LogP contribution is -2.45. The van der Waals surface area contributed by atoms with Crippen LogP contribution in [0.25, 0.3) is 11.0 Å². The number of aryl methyl sites for hydroxylation is 3. The zero-order valence-corrected chi connectivity index (χ0v) is 19.2. The van der Waals surface area contributed by atoms with Gasteiger partial charge >= 0.3 is 0 Å². The van der Waals surface area contributed by atoms with Crippen LogP contribution in [0.2, 0.25) is 5.02 Å². The fourth-order valence-corrected chi connectivity index (χ4v) is 5.05. The van der Waals surface area contributed by atoms with E-state index in [0.717, 1.165) is 40.0 Å². The molecule has 0 spiro atoms. The van der Waals surface area contributed by atoms with Gasteiger partial charge in [-0.2, -0.15) is 15.2 Å². The topological polar surface area (TPSA) is 72.6 Å². The lowest BCUT2D eigenvalue weighted by Gasteiger charge is -2.36. The Morgan fingerprint density at radius 2 is 1.88 bits per heavy atom. The molecule has 0 bridgehead atoms. The van der Waals surface area contributed by atoms with Crippen molar-refractivity contribution < 1.29 is 9.53 Å². The van der Waals surface area contributed by atoms with Crippen LogP contribution in [0.4, 0.5) is 5.82 Å². The van der Waals surface area contributed by atoms with Crippen molar-refractivity contribution in [2.24, 2.45) is 24.0 Å². The Bertz CT molecular complexity index is 1310. The molecule has 8 heteroatoms. The van der Waals surface area contributed by atoms with Crippen molar-refractivity contribution >= 4 is 40.1 Å². The number of carbonyl (C=O) groups excluding carboxylic acids is 1. The molecule has 2 atom stereocenters. The van der Waals surface area contributed by atoms with Gasteiger partial charge in [-0.05, 0) is 62.1 Å². The highest BCUT2D eigenvalue weighted by Crippen LogP contribution is 2.38. The number of nitrogens with zero attached hydrogens (tertiary/aromatic N) is 5. The van der Waals surface area contributed by atoms with E-state index in [1.54, 1.807) is 11.8 Å². The molecule has 3 aromatic rings. The largest absolute Gasteiger partial charge is 0.495 e. The van der Waals surface area contributed by atoms with Crippen LogP contribution in [-0.4, -0.2) is 33.5 Å². The van der Waals surface area contributed by atoms with Crippen molar-refractivity contribution in [3.8, 4) is 5.75 Å². The van der Waals surface area contributed by atoms with E-state index in [1.165, 1.54) is 5.01 Å². The Hall–Kier alpha value is -3.19. The molecular weight excluding hydrogens is 426 g/mol. The first-order valence-electron chi connectivity index (χ1n) is 10.6. The number of fused-ring (bicyclic) bond motifs is 2. The summed E-state index contributed by atoms with van der Waals surface area (Å²) in [6.07, 6.45) is 5.64. The van der Waals surface area contributed by atoms with Gasteiger partial charge in [-0.3, -0.25) is 9.48 Å². The second-order valence-electron chi connectivity index (χ2n) is 8.35. The van der Waals surface area contributed by atoms with E-state index in [1.807, 2.05) is 45.2 Å². The van der Waals surface area contributed by atoms with Gasteiger partial charge in [0.05, 0.1) is 29.5 Å². The third-order valence-electron chi connectivity index (χ3n) is 6.33. The van der Waals surface area contributed by atoms with Gasteiger partial charge in [-0.15, -0.1) is 0 Å². The van der Waals surface area contributed by atoms with E-state index < -0.39 is 0 Å². The maximum atomic E-state index is 13.5. The van der Waals surface area contributed by atoms with Gasteiger partial charge in [0, 0.05) is 18.4 Å². The number of aromatic nitrogens is 3. The van der Waals surface area contributed by atoms with Gasteiger partial charge in [-0.1, -0.05) is 23.8 Å². The fourth-order valence-electron chi connectivity index (χ4n) is 4.79. The number of methoxy groups -OCH3 is 1. The fraction of sp³-hybridized carbons (Fsp3) is 0.333. The van der Waals surface area contributed by atoms with Crippen LogP contribution < -0.4 is 9.75 Å². The highest BCUT2D eigenvalue weighted by molar-refractivity contribution is 6.32. The minimum Gasteiger partial charge on any atom is -0.495 e. The van der Waals surface area contributed by atoms with E-state index in [4.69, 9.17) is 26.4 Å². The first-order chi connectivity index (χ1) is 15.4. The monoisotopic (exact) mass is 449 g/mol. The molecule has 0 N–H and O–H groups in total. The maximum Gasteiger partial charge on any atom is 0.252 e. The zero-order chi connectivity index (χ0) is 22.6. The number of hydrazone groups is 1. The van der Waals surface area contributed by atoms with Crippen molar-refractivity contribution in [3.05, 3.63) is 58.3 Å². The first-order valence-corrected chi connectivity index (χ1v) is 11.0. The molecule has 1 amide bonds. The maximum absolute atomic E-state index is 13.5. The Kier molecular flexibility index (Phi) is 5.01. The molecule has 5 rings (SSSR count).